The molecule has 36 heavy (non-hydrogen) atoms. The van der Waals surface area contributed by atoms with Crippen LogP contribution in [0.1, 0.15) is 54.2 Å². The third kappa shape index (κ3) is 5.18. The molecule has 0 aliphatic heterocycles. The second kappa shape index (κ2) is 11.2. The molecular weight excluding hydrogens is 470 g/mol. The third-order valence-electron chi connectivity index (χ3n) is 6.53. The zero-order chi connectivity index (χ0) is 24.7. The fourth-order valence-corrected chi connectivity index (χ4v) is 5.21. The maximum absolute atomic E-state index is 14.0. The Morgan fingerprint density at radius 1 is 0.917 bits per heavy atom. The summed E-state index contributed by atoms with van der Waals surface area (Å²) in [6.07, 6.45) is 8.55. The zero-order valence-corrected chi connectivity index (χ0v) is 20.6. The van der Waals surface area contributed by atoms with Gasteiger partial charge in [-0.3, -0.25) is 19.5 Å². The largest absolute Gasteiger partial charge is 0.351 e. The van der Waals surface area contributed by atoms with Crippen molar-refractivity contribution in [2.75, 3.05) is 4.90 Å². The predicted octanol–water partition coefficient (Wildman–Crippen LogP) is 5.44. The summed E-state index contributed by atoms with van der Waals surface area (Å²) in [5.41, 5.74) is 3.30. The first-order chi connectivity index (χ1) is 17.7. The molecule has 0 radical (unpaired) electrons. The molecule has 0 spiro atoms. The molecule has 5 rings (SSSR count). The van der Waals surface area contributed by atoms with Gasteiger partial charge in [-0.05, 0) is 53.7 Å². The molecular formula is C28H27N5O2S. The Morgan fingerprint density at radius 3 is 2.36 bits per heavy atom. The first-order valence-electron chi connectivity index (χ1n) is 12.2. The first kappa shape index (κ1) is 23.8. The van der Waals surface area contributed by atoms with E-state index in [1.54, 1.807) is 34.8 Å². The highest BCUT2D eigenvalue weighted by molar-refractivity contribution is 7.03. The molecule has 8 heteroatoms. The molecule has 7 nitrogen and oxygen atoms in total. The molecule has 1 aliphatic carbocycles. The van der Waals surface area contributed by atoms with Crippen LogP contribution in [-0.4, -0.2) is 32.4 Å². The van der Waals surface area contributed by atoms with E-state index >= 15 is 0 Å². The number of hydrogen-bond acceptors (Lipinski definition) is 6. The summed E-state index contributed by atoms with van der Waals surface area (Å²) in [5, 5.41) is 8.90. The average molecular weight is 498 g/mol. The second-order valence-corrected chi connectivity index (χ2v) is 9.48. The Morgan fingerprint density at radius 2 is 1.64 bits per heavy atom. The Hall–Kier alpha value is -3.91. The lowest BCUT2D eigenvalue weighted by Crippen LogP contribution is -2.47. The van der Waals surface area contributed by atoms with Crippen LogP contribution in [0.5, 0.6) is 0 Å². The van der Waals surface area contributed by atoms with E-state index in [2.05, 4.69) is 19.9 Å². The summed E-state index contributed by atoms with van der Waals surface area (Å²) in [5.74, 6) is -0.597. The van der Waals surface area contributed by atoms with Crippen LogP contribution in [0.25, 0.3) is 11.1 Å². The fourth-order valence-electron chi connectivity index (χ4n) is 4.78. The molecule has 2 heterocycles. The molecule has 1 fully saturated rings. The van der Waals surface area contributed by atoms with Gasteiger partial charge in [0.15, 0.2) is 5.69 Å². The van der Waals surface area contributed by atoms with Crippen molar-refractivity contribution in [3.63, 3.8) is 0 Å². The molecule has 4 aromatic rings. The van der Waals surface area contributed by atoms with Crippen LogP contribution in [0.3, 0.4) is 0 Å². The SMILES string of the molecule is O=C(NC1CCCCC1)C(c1ccncc1)N(C(=O)c1csnn1)c1ccccc1-c1ccccc1. The van der Waals surface area contributed by atoms with Crippen molar-refractivity contribution in [1.82, 2.24) is 19.9 Å². The molecule has 2 aromatic heterocycles. The van der Waals surface area contributed by atoms with Gasteiger partial charge in [0.1, 0.15) is 6.04 Å². The van der Waals surface area contributed by atoms with Gasteiger partial charge in [-0.1, -0.05) is 72.3 Å². The Balaban J connectivity index is 1.65. The number of carbonyl (C=O) groups is 2. The Labute approximate surface area is 214 Å². The number of nitrogens with zero attached hydrogens (tertiary/aromatic N) is 4. The van der Waals surface area contributed by atoms with Gasteiger partial charge in [0.2, 0.25) is 5.91 Å². The normalized spacial score (nSPS) is 14.7. The number of anilines is 1. The van der Waals surface area contributed by atoms with Crippen molar-refractivity contribution < 1.29 is 9.59 Å². The quantitative estimate of drug-likeness (QED) is 0.367. The Bertz CT molecular complexity index is 1290. The lowest BCUT2D eigenvalue weighted by Gasteiger charge is -2.34. The highest BCUT2D eigenvalue weighted by Gasteiger charge is 2.36. The fraction of sp³-hybridized carbons (Fsp3) is 0.250. The minimum absolute atomic E-state index is 0.0952. The van der Waals surface area contributed by atoms with Crippen molar-refractivity contribution in [3.05, 3.63) is 95.8 Å². The predicted molar refractivity (Wildman–Crippen MR) is 141 cm³/mol. The maximum Gasteiger partial charge on any atom is 0.280 e. The highest BCUT2D eigenvalue weighted by atomic mass is 32.1. The molecule has 1 N–H and O–H groups in total. The number of hydrogen-bond donors (Lipinski definition) is 1. The van der Waals surface area contributed by atoms with E-state index in [-0.39, 0.29) is 23.6 Å². The molecule has 2 amide bonds. The molecule has 1 atom stereocenters. The van der Waals surface area contributed by atoms with Crippen molar-refractivity contribution in [3.8, 4) is 11.1 Å². The van der Waals surface area contributed by atoms with Gasteiger partial charge < -0.3 is 5.32 Å². The number of nitrogens with one attached hydrogen (secondary N) is 1. The van der Waals surface area contributed by atoms with Crippen LogP contribution in [0, 0.1) is 0 Å². The second-order valence-electron chi connectivity index (χ2n) is 8.88. The van der Waals surface area contributed by atoms with E-state index in [9.17, 15) is 9.59 Å². The van der Waals surface area contributed by atoms with Crippen molar-refractivity contribution in [2.45, 2.75) is 44.2 Å². The monoisotopic (exact) mass is 497 g/mol. The van der Waals surface area contributed by atoms with E-state index in [4.69, 9.17) is 0 Å². The van der Waals surface area contributed by atoms with Crippen LogP contribution < -0.4 is 10.2 Å². The zero-order valence-electron chi connectivity index (χ0n) is 19.8. The van der Waals surface area contributed by atoms with E-state index in [1.807, 2.05) is 54.6 Å². The Kier molecular flexibility index (Phi) is 7.42. The molecule has 1 unspecified atom stereocenters. The molecule has 2 aromatic carbocycles. The van der Waals surface area contributed by atoms with Gasteiger partial charge in [-0.15, -0.1) is 5.10 Å². The molecule has 182 valence electrons. The number of aromatic nitrogens is 3. The van der Waals surface area contributed by atoms with Gasteiger partial charge in [0.05, 0.1) is 5.69 Å². The average Bonchev–Trinajstić information content (AvgIpc) is 3.48. The smallest absolute Gasteiger partial charge is 0.280 e. The van der Waals surface area contributed by atoms with Gasteiger partial charge in [0, 0.05) is 29.4 Å². The van der Waals surface area contributed by atoms with Crippen LogP contribution in [-0.2, 0) is 4.79 Å². The highest BCUT2D eigenvalue weighted by Crippen LogP contribution is 2.37. The number of carbonyl (C=O) groups excluding carboxylic acids is 2. The van der Waals surface area contributed by atoms with Crippen LogP contribution in [0.4, 0.5) is 5.69 Å². The minimum atomic E-state index is -0.908. The van der Waals surface area contributed by atoms with Crippen LogP contribution >= 0.6 is 11.5 Å². The van der Waals surface area contributed by atoms with E-state index < -0.39 is 6.04 Å². The standard InChI is InChI=1S/C28H27N5O2S/c34-27(30-22-11-5-2-6-12-22)26(21-15-17-29-18-16-21)33(28(35)24-19-36-32-31-24)25-14-8-7-13-23(25)20-9-3-1-4-10-20/h1,3-4,7-10,13-19,22,26H,2,5-6,11-12H2,(H,30,34). The van der Waals surface area contributed by atoms with E-state index in [0.29, 0.717) is 11.3 Å². The number of rotatable bonds is 7. The minimum Gasteiger partial charge on any atom is -0.351 e. The summed E-state index contributed by atoms with van der Waals surface area (Å²) < 4.78 is 3.90. The molecule has 0 bridgehead atoms. The van der Waals surface area contributed by atoms with Crippen molar-refractivity contribution >= 4 is 29.0 Å². The molecule has 1 aliphatic rings. The summed E-state index contributed by atoms with van der Waals surface area (Å²) in [6.45, 7) is 0. The van der Waals surface area contributed by atoms with Crippen LogP contribution in [0.15, 0.2) is 84.5 Å². The van der Waals surface area contributed by atoms with Gasteiger partial charge >= 0.3 is 0 Å². The van der Waals surface area contributed by atoms with Gasteiger partial charge in [-0.25, -0.2) is 0 Å². The van der Waals surface area contributed by atoms with Crippen molar-refractivity contribution in [2.24, 2.45) is 0 Å². The summed E-state index contributed by atoms with van der Waals surface area (Å²) in [4.78, 5) is 33.7. The lowest BCUT2D eigenvalue weighted by atomic mass is 9.94. The summed E-state index contributed by atoms with van der Waals surface area (Å²) in [6, 6.07) is 20.3. The van der Waals surface area contributed by atoms with Crippen molar-refractivity contribution in [1.29, 1.82) is 0 Å². The number of benzene rings is 2. The summed E-state index contributed by atoms with van der Waals surface area (Å²) >= 11 is 1.11. The topological polar surface area (TPSA) is 88.1 Å². The number of para-hydroxylation sites is 1. The van der Waals surface area contributed by atoms with Gasteiger partial charge in [0.25, 0.3) is 5.91 Å². The van der Waals surface area contributed by atoms with E-state index in [1.165, 1.54) is 6.42 Å². The van der Waals surface area contributed by atoms with E-state index in [0.717, 1.165) is 48.3 Å². The summed E-state index contributed by atoms with van der Waals surface area (Å²) in [7, 11) is 0. The maximum atomic E-state index is 14.0. The number of amides is 2. The first-order valence-corrected chi connectivity index (χ1v) is 13.0. The third-order valence-corrected chi connectivity index (χ3v) is 7.03. The molecule has 1 saturated carbocycles. The van der Waals surface area contributed by atoms with Gasteiger partial charge in [-0.2, -0.15) is 0 Å². The number of pyridine rings is 1. The molecule has 0 saturated heterocycles. The lowest BCUT2D eigenvalue weighted by molar-refractivity contribution is -0.123. The van der Waals surface area contributed by atoms with Crippen LogP contribution in [0.2, 0.25) is 0 Å².